The molecule has 1 aromatic rings. The molecule has 0 amide bonds. The van der Waals surface area contributed by atoms with Crippen LogP contribution in [0.25, 0.3) is 0 Å². The number of methoxy groups -OCH3 is 1. The number of pyridine rings is 1. The van der Waals surface area contributed by atoms with Crippen LogP contribution in [0.15, 0.2) is 18.3 Å². The van der Waals surface area contributed by atoms with Crippen molar-refractivity contribution in [2.24, 2.45) is 0 Å². The molecular formula is C10H12N2O. The van der Waals surface area contributed by atoms with Crippen molar-refractivity contribution in [2.75, 3.05) is 7.11 Å². The molecule has 0 radical (unpaired) electrons. The number of hydrogen-bond donors (Lipinski definition) is 0. The highest BCUT2D eigenvalue weighted by Crippen LogP contribution is 2.28. The van der Waals surface area contributed by atoms with Gasteiger partial charge in [-0.1, -0.05) is 0 Å². The summed E-state index contributed by atoms with van der Waals surface area (Å²) in [6.45, 7) is 3.63. The Bertz CT molecular complexity index is 339. The Balaban J connectivity index is 3.22. The summed E-state index contributed by atoms with van der Waals surface area (Å²) in [7, 11) is 1.58. The van der Waals surface area contributed by atoms with Gasteiger partial charge in [-0.15, -0.1) is 0 Å². The van der Waals surface area contributed by atoms with Crippen LogP contribution in [0.2, 0.25) is 0 Å². The van der Waals surface area contributed by atoms with Crippen LogP contribution >= 0.6 is 0 Å². The first-order valence-electron chi connectivity index (χ1n) is 4.02. The van der Waals surface area contributed by atoms with Crippen molar-refractivity contribution in [2.45, 2.75) is 19.3 Å². The Morgan fingerprint density at radius 3 is 2.77 bits per heavy atom. The number of nitrogens with zero attached hydrogens (tertiary/aromatic N) is 2. The zero-order valence-electron chi connectivity index (χ0n) is 8.03. The van der Waals surface area contributed by atoms with E-state index in [-0.39, 0.29) is 0 Å². The molecule has 3 nitrogen and oxygen atoms in total. The lowest BCUT2D eigenvalue weighted by molar-refractivity contribution is 0.398. The molecule has 13 heavy (non-hydrogen) atoms. The van der Waals surface area contributed by atoms with Crippen molar-refractivity contribution in [1.82, 2.24) is 4.98 Å². The molecule has 0 aliphatic heterocycles. The second-order valence-electron chi connectivity index (χ2n) is 3.29. The zero-order valence-corrected chi connectivity index (χ0v) is 8.03. The first-order valence-corrected chi connectivity index (χ1v) is 4.02. The average Bonchev–Trinajstić information content (AvgIpc) is 2.18. The Morgan fingerprint density at radius 2 is 2.23 bits per heavy atom. The highest BCUT2D eigenvalue weighted by molar-refractivity contribution is 5.36. The molecule has 1 heterocycles. The van der Waals surface area contributed by atoms with E-state index in [1.54, 1.807) is 25.4 Å². The topological polar surface area (TPSA) is 45.9 Å². The van der Waals surface area contributed by atoms with Gasteiger partial charge in [0.15, 0.2) is 0 Å². The molecule has 0 aliphatic rings. The largest absolute Gasteiger partial charge is 0.495 e. The van der Waals surface area contributed by atoms with Crippen molar-refractivity contribution < 1.29 is 4.74 Å². The van der Waals surface area contributed by atoms with Gasteiger partial charge in [-0.2, -0.15) is 5.26 Å². The van der Waals surface area contributed by atoms with E-state index in [1.807, 2.05) is 13.8 Å². The van der Waals surface area contributed by atoms with Gasteiger partial charge in [0, 0.05) is 6.20 Å². The summed E-state index contributed by atoms with van der Waals surface area (Å²) in [5.41, 5.74) is 0.0760. The van der Waals surface area contributed by atoms with Gasteiger partial charge in [0.1, 0.15) is 11.4 Å². The van der Waals surface area contributed by atoms with E-state index in [0.29, 0.717) is 11.4 Å². The van der Waals surface area contributed by atoms with Gasteiger partial charge in [-0.3, -0.25) is 4.98 Å². The van der Waals surface area contributed by atoms with Crippen LogP contribution in [0.4, 0.5) is 0 Å². The quantitative estimate of drug-likeness (QED) is 0.691. The summed E-state index contributed by atoms with van der Waals surface area (Å²) in [5.74, 6) is 0.661. The molecule has 1 aromatic heterocycles. The Morgan fingerprint density at radius 1 is 1.54 bits per heavy atom. The number of aromatic nitrogens is 1. The standard InChI is InChI=1S/C10H12N2O/c1-10(2,7-11)9-8(13-3)5-4-6-12-9/h4-6H,1-3H3. The lowest BCUT2D eigenvalue weighted by atomic mass is 9.90. The minimum Gasteiger partial charge on any atom is -0.495 e. The highest BCUT2D eigenvalue weighted by atomic mass is 16.5. The predicted molar refractivity (Wildman–Crippen MR) is 49.4 cm³/mol. The minimum atomic E-state index is -0.605. The Kier molecular flexibility index (Phi) is 2.52. The van der Waals surface area contributed by atoms with Crippen LogP contribution in [0.5, 0.6) is 5.75 Å². The lowest BCUT2D eigenvalue weighted by Crippen LogP contribution is -2.17. The second kappa shape index (κ2) is 3.44. The molecule has 0 atom stereocenters. The maximum atomic E-state index is 8.92. The lowest BCUT2D eigenvalue weighted by Gasteiger charge is -2.16. The fourth-order valence-electron chi connectivity index (χ4n) is 1.08. The molecule has 0 fully saturated rings. The fraction of sp³-hybridized carbons (Fsp3) is 0.400. The molecule has 0 saturated carbocycles. The number of rotatable bonds is 2. The van der Waals surface area contributed by atoms with Crippen LogP contribution in [0.1, 0.15) is 19.5 Å². The molecule has 0 bridgehead atoms. The summed E-state index contributed by atoms with van der Waals surface area (Å²) in [6.07, 6.45) is 1.66. The maximum absolute atomic E-state index is 8.92. The molecule has 1 rings (SSSR count). The van der Waals surface area contributed by atoms with Gasteiger partial charge in [0.2, 0.25) is 0 Å². The third-order valence-corrected chi connectivity index (χ3v) is 1.86. The number of ether oxygens (including phenoxy) is 1. The first-order chi connectivity index (χ1) is 6.11. The van der Waals surface area contributed by atoms with Crippen molar-refractivity contribution in [3.05, 3.63) is 24.0 Å². The van der Waals surface area contributed by atoms with E-state index in [0.717, 1.165) is 0 Å². The Hall–Kier alpha value is -1.56. The van der Waals surface area contributed by atoms with E-state index in [9.17, 15) is 0 Å². The molecule has 0 saturated heterocycles. The van der Waals surface area contributed by atoms with Crippen molar-refractivity contribution in [1.29, 1.82) is 5.26 Å². The second-order valence-corrected chi connectivity index (χ2v) is 3.29. The van der Waals surface area contributed by atoms with E-state index >= 15 is 0 Å². The van der Waals surface area contributed by atoms with Crippen LogP contribution in [-0.2, 0) is 5.41 Å². The van der Waals surface area contributed by atoms with Gasteiger partial charge >= 0.3 is 0 Å². The third kappa shape index (κ3) is 1.78. The normalized spacial score (nSPS) is 10.6. The summed E-state index contributed by atoms with van der Waals surface area (Å²) in [4.78, 5) is 4.14. The molecular weight excluding hydrogens is 164 g/mol. The number of hydrogen-bond acceptors (Lipinski definition) is 3. The van der Waals surface area contributed by atoms with Crippen molar-refractivity contribution in [3.63, 3.8) is 0 Å². The average molecular weight is 176 g/mol. The van der Waals surface area contributed by atoms with Crippen molar-refractivity contribution >= 4 is 0 Å². The zero-order chi connectivity index (χ0) is 9.90. The molecule has 3 heteroatoms. The molecule has 0 unspecified atom stereocenters. The Labute approximate surface area is 78.0 Å². The van der Waals surface area contributed by atoms with Crippen molar-refractivity contribution in [3.8, 4) is 11.8 Å². The molecule has 0 spiro atoms. The minimum absolute atomic E-state index is 0.605. The van der Waals surface area contributed by atoms with Crippen LogP contribution < -0.4 is 4.74 Å². The van der Waals surface area contributed by atoms with Crippen LogP contribution in [-0.4, -0.2) is 12.1 Å². The first kappa shape index (κ1) is 9.53. The third-order valence-electron chi connectivity index (χ3n) is 1.86. The number of nitriles is 1. The highest BCUT2D eigenvalue weighted by Gasteiger charge is 2.25. The van der Waals surface area contributed by atoms with E-state index in [2.05, 4.69) is 11.1 Å². The molecule has 68 valence electrons. The van der Waals surface area contributed by atoms with Gasteiger partial charge in [0.25, 0.3) is 0 Å². The van der Waals surface area contributed by atoms with Gasteiger partial charge < -0.3 is 4.74 Å². The molecule has 0 aromatic carbocycles. The van der Waals surface area contributed by atoms with Gasteiger partial charge in [-0.25, -0.2) is 0 Å². The van der Waals surface area contributed by atoms with Gasteiger partial charge in [0.05, 0.1) is 18.6 Å². The predicted octanol–water partition coefficient (Wildman–Crippen LogP) is 1.89. The van der Waals surface area contributed by atoms with E-state index < -0.39 is 5.41 Å². The summed E-state index contributed by atoms with van der Waals surface area (Å²) < 4.78 is 5.12. The molecule has 0 aliphatic carbocycles. The van der Waals surface area contributed by atoms with E-state index in [4.69, 9.17) is 10.00 Å². The summed E-state index contributed by atoms with van der Waals surface area (Å²) >= 11 is 0. The van der Waals surface area contributed by atoms with Gasteiger partial charge in [-0.05, 0) is 26.0 Å². The van der Waals surface area contributed by atoms with Crippen LogP contribution in [0.3, 0.4) is 0 Å². The smallest absolute Gasteiger partial charge is 0.141 e. The maximum Gasteiger partial charge on any atom is 0.141 e. The monoisotopic (exact) mass is 176 g/mol. The fourth-order valence-corrected chi connectivity index (χ4v) is 1.08. The summed E-state index contributed by atoms with van der Waals surface area (Å²) in [5, 5.41) is 8.92. The van der Waals surface area contributed by atoms with E-state index in [1.165, 1.54) is 0 Å². The van der Waals surface area contributed by atoms with Crippen LogP contribution in [0, 0.1) is 11.3 Å². The summed E-state index contributed by atoms with van der Waals surface area (Å²) in [6, 6.07) is 5.78. The molecule has 0 N–H and O–H groups in total. The SMILES string of the molecule is COc1cccnc1C(C)(C)C#N.